The zero-order valence-electron chi connectivity index (χ0n) is 19.6. The molecule has 1 aliphatic rings. The van der Waals surface area contributed by atoms with Crippen LogP contribution in [0.25, 0.3) is 0 Å². The molecular formula is C29H29Cl3Ti. The number of allylic oxidation sites excluding steroid dienone is 4. The molecule has 4 heteroatoms. The molecule has 0 fully saturated rings. The molecule has 0 aliphatic heterocycles. The van der Waals surface area contributed by atoms with Crippen molar-refractivity contribution in [1.29, 1.82) is 0 Å². The van der Waals surface area contributed by atoms with Crippen molar-refractivity contribution in [2.45, 2.75) is 46.5 Å². The number of halogens is 3. The summed E-state index contributed by atoms with van der Waals surface area (Å²) in [7, 11) is 0. The predicted octanol–water partition coefficient (Wildman–Crippen LogP) is -1.64. The summed E-state index contributed by atoms with van der Waals surface area (Å²) in [6.45, 7) is 8.78. The Kier molecular flexibility index (Phi) is 13.7. The molecule has 3 aromatic rings. The fraction of sp³-hybridized carbons (Fsp3) is 0.241. The molecule has 1 aliphatic carbocycles. The van der Waals surface area contributed by atoms with Crippen LogP contribution >= 0.6 is 0 Å². The van der Waals surface area contributed by atoms with Crippen LogP contribution in [0.4, 0.5) is 0 Å². The third-order valence-corrected chi connectivity index (χ3v) is 5.63. The van der Waals surface area contributed by atoms with Crippen molar-refractivity contribution >= 4 is 0 Å². The van der Waals surface area contributed by atoms with Crippen LogP contribution in [-0.4, -0.2) is 0 Å². The largest absolute Gasteiger partial charge is 4.00 e. The van der Waals surface area contributed by atoms with Crippen LogP contribution in [0.5, 0.6) is 0 Å². The third kappa shape index (κ3) is 8.16. The Balaban J connectivity index is 0.00000256. The fourth-order valence-electron chi connectivity index (χ4n) is 4.61. The zero-order valence-corrected chi connectivity index (χ0v) is 23.4. The minimum Gasteiger partial charge on any atom is -1.00 e. The van der Waals surface area contributed by atoms with Gasteiger partial charge in [0.2, 0.25) is 0 Å². The Labute approximate surface area is 233 Å². The fourth-order valence-corrected chi connectivity index (χ4v) is 4.61. The molecular weight excluding hydrogens is 503 g/mol. The van der Waals surface area contributed by atoms with E-state index in [9.17, 15) is 0 Å². The maximum atomic E-state index is 3.79. The number of benzene rings is 3. The van der Waals surface area contributed by atoms with E-state index >= 15 is 0 Å². The quantitative estimate of drug-likeness (QED) is 0.274. The standard InChI is InChI=1S/C29H29.3ClH.Ti/c1-20-12-21(2)15-27(14-20)29(28-16-22(3)13-23(4)17-28)26-11-10-25(19-26)18-24-8-6-5-7-9-24;;;;/h5-10,12-17,29H,11,18H2,1-4H3;3*1H;/q-1;;;;+4/p-3. The number of hydrogen-bond acceptors (Lipinski definition) is 0. The third-order valence-electron chi connectivity index (χ3n) is 5.63. The number of hydrogen-bond donors (Lipinski definition) is 0. The summed E-state index contributed by atoms with van der Waals surface area (Å²) in [6.07, 6.45) is 8.09. The second-order valence-electron chi connectivity index (χ2n) is 8.52. The monoisotopic (exact) mass is 530 g/mol. The number of aryl methyl sites for hydroxylation is 4. The topological polar surface area (TPSA) is 0 Å². The smallest absolute Gasteiger partial charge is 1.00 e. The summed E-state index contributed by atoms with van der Waals surface area (Å²) in [5, 5.41) is 0. The second kappa shape index (κ2) is 14.2. The van der Waals surface area contributed by atoms with E-state index in [1.807, 2.05) is 0 Å². The molecule has 0 unspecified atom stereocenters. The molecule has 0 aromatic heterocycles. The van der Waals surface area contributed by atoms with Crippen molar-refractivity contribution in [3.05, 3.63) is 129 Å². The van der Waals surface area contributed by atoms with Crippen LogP contribution in [0, 0.1) is 33.8 Å². The van der Waals surface area contributed by atoms with Gasteiger partial charge in [-0.3, -0.25) is 0 Å². The summed E-state index contributed by atoms with van der Waals surface area (Å²) >= 11 is 0. The van der Waals surface area contributed by atoms with Gasteiger partial charge >= 0.3 is 21.7 Å². The van der Waals surface area contributed by atoms with Gasteiger partial charge in [0, 0.05) is 5.92 Å². The Morgan fingerprint density at radius 2 is 1.15 bits per heavy atom. The molecule has 3 aromatic carbocycles. The molecule has 0 nitrogen and oxygen atoms in total. The summed E-state index contributed by atoms with van der Waals surface area (Å²) in [6, 6.07) is 24.6. The van der Waals surface area contributed by atoms with E-state index in [4.69, 9.17) is 0 Å². The molecule has 0 saturated carbocycles. The SMILES string of the molecule is Cc1cc(C)cc(C(C2=[C-]C(Cc3ccccc3)=CC2)c2cc(C)cc(C)c2)c1.[Cl-].[Cl-].[Cl-].[Ti+4]. The van der Waals surface area contributed by atoms with Crippen LogP contribution in [0.2, 0.25) is 0 Å². The van der Waals surface area contributed by atoms with E-state index in [0.29, 0.717) is 0 Å². The van der Waals surface area contributed by atoms with E-state index < -0.39 is 0 Å². The van der Waals surface area contributed by atoms with Crippen LogP contribution in [0.15, 0.2) is 84.0 Å². The summed E-state index contributed by atoms with van der Waals surface area (Å²) in [5.41, 5.74) is 12.1. The van der Waals surface area contributed by atoms with Gasteiger partial charge in [0.15, 0.2) is 0 Å². The van der Waals surface area contributed by atoms with E-state index in [2.05, 4.69) is 107 Å². The van der Waals surface area contributed by atoms with Crippen molar-refractivity contribution in [3.63, 3.8) is 0 Å². The van der Waals surface area contributed by atoms with Gasteiger partial charge in [-0.15, -0.1) is 0 Å². The van der Waals surface area contributed by atoms with Crippen LogP contribution in [-0.2, 0) is 28.1 Å². The van der Waals surface area contributed by atoms with Gasteiger partial charge in [-0.25, -0.2) is 17.7 Å². The van der Waals surface area contributed by atoms with Crippen molar-refractivity contribution in [2.24, 2.45) is 0 Å². The molecule has 4 rings (SSSR count). The van der Waals surface area contributed by atoms with Gasteiger partial charge in [0.25, 0.3) is 0 Å². The molecule has 0 saturated heterocycles. The van der Waals surface area contributed by atoms with E-state index in [1.165, 1.54) is 50.1 Å². The Morgan fingerprint density at radius 3 is 1.61 bits per heavy atom. The molecule has 0 amide bonds. The van der Waals surface area contributed by atoms with Gasteiger partial charge < -0.3 is 37.2 Å². The van der Waals surface area contributed by atoms with Crippen molar-refractivity contribution in [3.8, 4) is 0 Å². The molecule has 0 atom stereocenters. The second-order valence-corrected chi connectivity index (χ2v) is 8.52. The van der Waals surface area contributed by atoms with Crippen LogP contribution in [0.3, 0.4) is 0 Å². The van der Waals surface area contributed by atoms with E-state index in [-0.39, 0.29) is 64.9 Å². The van der Waals surface area contributed by atoms with Crippen molar-refractivity contribution in [2.75, 3.05) is 0 Å². The summed E-state index contributed by atoms with van der Waals surface area (Å²) in [5.74, 6) is 0.261. The van der Waals surface area contributed by atoms with Crippen LogP contribution < -0.4 is 37.2 Å². The molecule has 0 N–H and O–H groups in total. The number of rotatable bonds is 5. The molecule has 0 radical (unpaired) electrons. The first-order chi connectivity index (χ1) is 14.0. The van der Waals surface area contributed by atoms with Crippen molar-refractivity contribution in [1.82, 2.24) is 0 Å². The zero-order chi connectivity index (χ0) is 20.4. The maximum Gasteiger partial charge on any atom is 4.00 e. The first-order valence-electron chi connectivity index (χ1n) is 10.5. The Morgan fingerprint density at radius 1 is 0.697 bits per heavy atom. The summed E-state index contributed by atoms with van der Waals surface area (Å²) in [4.78, 5) is 0. The van der Waals surface area contributed by atoms with Gasteiger partial charge in [0.05, 0.1) is 0 Å². The average Bonchev–Trinajstić information content (AvgIpc) is 3.09. The maximum absolute atomic E-state index is 3.79. The normalized spacial score (nSPS) is 11.9. The Bertz CT molecular complexity index is 1010. The van der Waals surface area contributed by atoms with Gasteiger partial charge in [-0.1, -0.05) is 95.4 Å². The molecule has 0 bridgehead atoms. The minimum atomic E-state index is 0. The minimum absolute atomic E-state index is 0. The predicted molar refractivity (Wildman–Crippen MR) is 123 cm³/mol. The average molecular weight is 532 g/mol. The Hall–Kier alpha value is -1.28. The van der Waals surface area contributed by atoms with Crippen molar-refractivity contribution < 1.29 is 58.9 Å². The molecule has 33 heavy (non-hydrogen) atoms. The molecule has 0 spiro atoms. The van der Waals surface area contributed by atoms with Gasteiger partial charge in [-0.05, 0) is 50.8 Å². The molecule has 0 heterocycles. The van der Waals surface area contributed by atoms with E-state index in [0.717, 1.165) is 12.8 Å². The first kappa shape index (κ1) is 31.7. The summed E-state index contributed by atoms with van der Waals surface area (Å²) < 4.78 is 0. The van der Waals surface area contributed by atoms with Gasteiger partial charge in [-0.2, -0.15) is 5.57 Å². The molecule has 170 valence electrons. The van der Waals surface area contributed by atoms with Crippen LogP contribution in [0.1, 0.15) is 51.3 Å². The first-order valence-corrected chi connectivity index (χ1v) is 10.5. The van der Waals surface area contributed by atoms with E-state index in [1.54, 1.807) is 0 Å². The van der Waals surface area contributed by atoms with Gasteiger partial charge in [0.1, 0.15) is 0 Å².